The fourth-order valence-corrected chi connectivity index (χ4v) is 4.24. The monoisotopic (exact) mass is 461 g/mol. The highest BCUT2D eigenvalue weighted by molar-refractivity contribution is 5.98. The molecule has 1 aromatic carbocycles. The van der Waals surface area contributed by atoms with Gasteiger partial charge in [0.1, 0.15) is 6.04 Å². The van der Waals surface area contributed by atoms with E-state index in [-0.39, 0.29) is 17.5 Å². The molecule has 8 heteroatoms. The molecule has 1 aliphatic carbocycles. The second kappa shape index (κ2) is 11.4. The fourth-order valence-electron chi connectivity index (χ4n) is 4.24. The predicted molar refractivity (Wildman–Crippen MR) is 128 cm³/mol. The van der Waals surface area contributed by atoms with Crippen LogP contribution in [-0.4, -0.2) is 27.8 Å². The Balaban J connectivity index is 1.44. The Bertz CT molecular complexity index is 1120. The summed E-state index contributed by atoms with van der Waals surface area (Å²) in [7, 11) is 0. The molecule has 4 rings (SSSR count). The zero-order valence-electron chi connectivity index (χ0n) is 18.8. The Labute approximate surface area is 198 Å². The van der Waals surface area contributed by atoms with Gasteiger partial charge in [0, 0.05) is 36.4 Å². The molecule has 176 valence electrons. The lowest BCUT2D eigenvalue weighted by molar-refractivity contribution is -0.123. The van der Waals surface area contributed by atoms with Crippen molar-refractivity contribution in [1.82, 2.24) is 20.6 Å². The molecule has 1 atom stereocenters. The molecule has 0 unspecified atom stereocenters. The first kappa shape index (κ1) is 23.4. The van der Waals surface area contributed by atoms with E-state index in [9.17, 15) is 14.0 Å². The number of pyridine rings is 2. The highest BCUT2D eigenvalue weighted by atomic mass is 19.1. The first-order chi connectivity index (χ1) is 16.6. The predicted octanol–water partition coefficient (Wildman–Crippen LogP) is 4.35. The number of hydrogen-bond acceptors (Lipinski definition) is 5. The Kier molecular flexibility index (Phi) is 7.80. The van der Waals surface area contributed by atoms with Crippen LogP contribution in [0.4, 0.5) is 15.8 Å². The van der Waals surface area contributed by atoms with Crippen LogP contribution in [-0.2, 0) is 11.3 Å². The number of carbonyl (C=O) groups is 2. The van der Waals surface area contributed by atoms with E-state index in [1.54, 1.807) is 36.7 Å². The van der Waals surface area contributed by atoms with Crippen molar-refractivity contribution in [2.24, 2.45) is 5.92 Å². The van der Waals surface area contributed by atoms with Gasteiger partial charge in [-0.1, -0.05) is 37.8 Å². The van der Waals surface area contributed by atoms with Crippen molar-refractivity contribution in [3.8, 4) is 0 Å². The number of hydrogen-bond donors (Lipinski definition) is 3. The maximum atomic E-state index is 13.9. The van der Waals surface area contributed by atoms with E-state index in [1.165, 1.54) is 12.3 Å². The normalized spacial score (nSPS) is 14.4. The summed E-state index contributed by atoms with van der Waals surface area (Å²) in [4.78, 5) is 33.9. The number of nitrogens with one attached hydrogen (secondary N) is 3. The zero-order chi connectivity index (χ0) is 23.8. The van der Waals surface area contributed by atoms with E-state index in [0.29, 0.717) is 30.1 Å². The van der Waals surface area contributed by atoms with Crippen LogP contribution in [0.25, 0.3) is 0 Å². The quantitative estimate of drug-likeness (QED) is 0.440. The molecule has 1 saturated carbocycles. The van der Waals surface area contributed by atoms with Gasteiger partial charge in [-0.3, -0.25) is 19.6 Å². The van der Waals surface area contributed by atoms with Crippen molar-refractivity contribution in [3.05, 3.63) is 84.2 Å². The highest BCUT2D eigenvalue weighted by Gasteiger charge is 2.27. The second-order valence-electron chi connectivity index (χ2n) is 8.55. The van der Waals surface area contributed by atoms with E-state index < -0.39 is 11.9 Å². The third kappa shape index (κ3) is 6.37. The number of anilines is 2. The topological polar surface area (TPSA) is 96.0 Å². The average Bonchev–Trinajstić information content (AvgIpc) is 3.37. The van der Waals surface area contributed by atoms with Gasteiger partial charge in [0.15, 0.2) is 5.82 Å². The van der Waals surface area contributed by atoms with Gasteiger partial charge in [-0.25, -0.2) is 4.39 Å². The van der Waals surface area contributed by atoms with Crippen LogP contribution in [0, 0.1) is 11.7 Å². The summed E-state index contributed by atoms with van der Waals surface area (Å²) >= 11 is 0. The zero-order valence-corrected chi connectivity index (χ0v) is 18.8. The maximum Gasteiger partial charge on any atom is 0.252 e. The first-order valence-corrected chi connectivity index (χ1v) is 11.5. The van der Waals surface area contributed by atoms with Crippen LogP contribution in [0.1, 0.15) is 48.0 Å². The van der Waals surface area contributed by atoms with Gasteiger partial charge in [0.05, 0.1) is 11.9 Å². The minimum atomic E-state index is -0.637. The standard InChI is InChI=1S/C26H28FN5O2/c27-22-17-29-12-10-23(22)31-21-9-3-8-20(14-21)25(33)32-24(13-18-5-1-2-6-18)26(34)30-16-19-7-4-11-28-15-19/h3-4,7-12,14-15,17-18,24H,1-2,5-6,13,16H2,(H,29,31)(H,30,34)(H,32,33)/t24-/m0/s1. The third-order valence-electron chi connectivity index (χ3n) is 6.03. The summed E-state index contributed by atoms with van der Waals surface area (Å²) in [6.45, 7) is 0.348. The lowest BCUT2D eigenvalue weighted by atomic mass is 9.97. The Morgan fingerprint density at radius 1 is 1.03 bits per heavy atom. The molecule has 2 amide bonds. The van der Waals surface area contributed by atoms with Gasteiger partial charge in [-0.15, -0.1) is 0 Å². The number of rotatable bonds is 9. The molecule has 0 radical (unpaired) electrons. The number of amides is 2. The summed E-state index contributed by atoms with van der Waals surface area (Å²) in [5.41, 5.74) is 2.10. The summed E-state index contributed by atoms with van der Waals surface area (Å²) in [5.74, 6) is -0.632. The number of carbonyl (C=O) groups excluding carboxylic acids is 2. The first-order valence-electron chi connectivity index (χ1n) is 11.5. The molecule has 7 nitrogen and oxygen atoms in total. The third-order valence-corrected chi connectivity index (χ3v) is 6.03. The molecular weight excluding hydrogens is 433 g/mol. The number of halogens is 1. The number of aromatic nitrogens is 2. The number of benzene rings is 1. The molecule has 3 aromatic rings. The van der Waals surface area contributed by atoms with Crippen LogP contribution in [0.3, 0.4) is 0 Å². The van der Waals surface area contributed by atoms with Gasteiger partial charge in [0.25, 0.3) is 5.91 Å². The van der Waals surface area contributed by atoms with E-state index in [2.05, 4.69) is 25.9 Å². The lowest BCUT2D eigenvalue weighted by Gasteiger charge is -2.22. The van der Waals surface area contributed by atoms with Gasteiger partial charge in [0.2, 0.25) is 5.91 Å². The van der Waals surface area contributed by atoms with Gasteiger partial charge in [-0.05, 0) is 48.2 Å². The molecule has 3 N–H and O–H groups in total. The van der Waals surface area contributed by atoms with Crippen molar-refractivity contribution in [1.29, 1.82) is 0 Å². The van der Waals surface area contributed by atoms with Crippen LogP contribution in [0.2, 0.25) is 0 Å². The summed E-state index contributed by atoms with van der Waals surface area (Å²) in [6.07, 6.45) is 11.0. The highest BCUT2D eigenvalue weighted by Crippen LogP contribution is 2.29. The van der Waals surface area contributed by atoms with Crippen molar-refractivity contribution in [2.75, 3.05) is 5.32 Å². The van der Waals surface area contributed by atoms with Gasteiger partial charge in [-0.2, -0.15) is 0 Å². The minimum absolute atomic E-state index is 0.211. The molecule has 0 bridgehead atoms. The SMILES string of the molecule is O=C(N[C@@H](CC1CCCC1)C(=O)NCc1cccnc1)c1cccc(Nc2ccncc2F)c1. The van der Waals surface area contributed by atoms with Crippen LogP contribution >= 0.6 is 0 Å². The van der Waals surface area contributed by atoms with Crippen molar-refractivity contribution >= 4 is 23.2 Å². The Morgan fingerprint density at radius 3 is 2.62 bits per heavy atom. The van der Waals surface area contributed by atoms with E-state index >= 15 is 0 Å². The molecule has 0 spiro atoms. The average molecular weight is 462 g/mol. The summed E-state index contributed by atoms with van der Waals surface area (Å²) in [5, 5.41) is 8.81. The lowest BCUT2D eigenvalue weighted by Crippen LogP contribution is -2.47. The number of nitrogens with zero attached hydrogens (tertiary/aromatic N) is 2. The van der Waals surface area contributed by atoms with E-state index in [0.717, 1.165) is 37.4 Å². The second-order valence-corrected chi connectivity index (χ2v) is 8.55. The van der Waals surface area contributed by atoms with Crippen molar-refractivity contribution in [3.63, 3.8) is 0 Å². The molecule has 2 heterocycles. The minimum Gasteiger partial charge on any atom is -0.353 e. The molecule has 0 saturated heterocycles. The van der Waals surface area contributed by atoms with Crippen molar-refractivity contribution in [2.45, 2.75) is 44.7 Å². The Morgan fingerprint density at radius 2 is 1.85 bits per heavy atom. The van der Waals surface area contributed by atoms with E-state index in [1.807, 2.05) is 12.1 Å². The largest absolute Gasteiger partial charge is 0.353 e. The molecule has 34 heavy (non-hydrogen) atoms. The van der Waals surface area contributed by atoms with E-state index in [4.69, 9.17) is 0 Å². The summed E-state index contributed by atoms with van der Waals surface area (Å²) in [6, 6.07) is 11.4. The van der Waals surface area contributed by atoms with Gasteiger partial charge >= 0.3 is 0 Å². The Hall–Kier alpha value is -3.81. The summed E-state index contributed by atoms with van der Waals surface area (Å²) < 4.78 is 13.9. The van der Waals surface area contributed by atoms with Crippen molar-refractivity contribution < 1.29 is 14.0 Å². The maximum absolute atomic E-state index is 13.9. The molecule has 1 aliphatic rings. The van der Waals surface area contributed by atoms with Crippen LogP contribution in [0.5, 0.6) is 0 Å². The molecule has 2 aromatic heterocycles. The van der Waals surface area contributed by atoms with Crippen LogP contribution < -0.4 is 16.0 Å². The molecular formula is C26H28FN5O2. The van der Waals surface area contributed by atoms with Gasteiger partial charge < -0.3 is 16.0 Å². The smallest absolute Gasteiger partial charge is 0.252 e. The van der Waals surface area contributed by atoms with Crippen LogP contribution in [0.15, 0.2) is 67.3 Å². The molecule has 1 fully saturated rings. The molecule has 0 aliphatic heterocycles. The fraction of sp³-hybridized carbons (Fsp3) is 0.308.